The largest absolute Gasteiger partial charge is 0.335 e. The fourth-order valence-corrected chi connectivity index (χ4v) is 2.21. The van der Waals surface area contributed by atoms with Crippen molar-refractivity contribution in [2.45, 2.75) is 26.3 Å². The zero-order valence-electron chi connectivity index (χ0n) is 12.3. The van der Waals surface area contributed by atoms with E-state index in [0.29, 0.717) is 11.4 Å². The van der Waals surface area contributed by atoms with Crippen molar-refractivity contribution in [1.29, 1.82) is 0 Å². The van der Waals surface area contributed by atoms with E-state index in [9.17, 15) is 4.79 Å². The van der Waals surface area contributed by atoms with Crippen LogP contribution >= 0.6 is 11.6 Å². The molecule has 106 valence electrons. The number of pyridine rings is 1. The molecule has 1 aromatic carbocycles. The molecule has 0 aliphatic heterocycles. The molecule has 0 atom stereocenters. The summed E-state index contributed by atoms with van der Waals surface area (Å²) in [5, 5.41) is 0.875. The summed E-state index contributed by atoms with van der Waals surface area (Å²) in [6.07, 6.45) is 0. The van der Waals surface area contributed by atoms with Crippen molar-refractivity contribution in [3.8, 4) is 0 Å². The lowest BCUT2D eigenvalue weighted by Gasteiger charge is -2.34. The minimum absolute atomic E-state index is 0.0302. The third kappa shape index (κ3) is 2.63. The van der Waals surface area contributed by atoms with Gasteiger partial charge in [0.1, 0.15) is 0 Å². The summed E-state index contributed by atoms with van der Waals surface area (Å²) in [4.78, 5) is 18.9. The van der Waals surface area contributed by atoms with E-state index >= 15 is 0 Å². The van der Waals surface area contributed by atoms with Crippen molar-refractivity contribution in [2.75, 3.05) is 12.9 Å². The molecule has 0 saturated heterocycles. The van der Waals surface area contributed by atoms with E-state index in [1.807, 2.05) is 51.1 Å². The molecule has 3 nitrogen and oxygen atoms in total. The van der Waals surface area contributed by atoms with Gasteiger partial charge in [0.25, 0.3) is 5.91 Å². The van der Waals surface area contributed by atoms with Gasteiger partial charge in [-0.25, -0.2) is 0 Å². The molecule has 0 unspecified atom stereocenters. The molecule has 1 amide bonds. The number of halogens is 1. The number of fused-ring (bicyclic) bond motifs is 1. The van der Waals surface area contributed by atoms with E-state index in [2.05, 4.69) is 4.98 Å². The fraction of sp³-hybridized carbons (Fsp3) is 0.375. The average molecular weight is 291 g/mol. The van der Waals surface area contributed by atoms with Crippen molar-refractivity contribution < 1.29 is 4.79 Å². The molecule has 1 aromatic heterocycles. The minimum atomic E-state index is -0.392. The molecule has 0 aliphatic carbocycles. The highest BCUT2D eigenvalue weighted by atomic mass is 35.5. The van der Waals surface area contributed by atoms with Gasteiger partial charge in [-0.2, -0.15) is 0 Å². The first-order chi connectivity index (χ1) is 9.36. The molecule has 2 aromatic rings. The molecule has 0 bridgehead atoms. The molecular weight excluding hydrogens is 272 g/mol. The van der Waals surface area contributed by atoms with Crippen LogP contribution in [0.2, 0.25) is 0 Å². The predicted molar refractivity (Wildman–Crippen MR) is 83.4 cm³/mol. The summed E-state index contributed by atoms with van der Waals surface area (Å²) >= 11 is 5.96. The van der Waals surface area contributed by atoms with E-state index in [1.54, 1.807) is 11.9 Å². The van der Waals surface area contributed by atoms with Gasteiger partial charge in [0.05, 0.1) is 16.6 Å². The Morgan fingerprint density at radius 1 is 1.35 bits per heavy atom. The third-order valence-electron chi connectivity index (χ3n) is 3.61. The van der Waals surface area contributed by atoms with Gasteiger partial charge in [-0.05, 0) is 32.9 Å². The van der Waals surface area contributed by atoms with Gasteiger partial charge >= 0.3 is 0 Å². The summed E-state index contributed by atoms with van der Waals surface area (Å²) in [5.41, 5.74) is 1.96. The number of aromatic nitrogens is 1. The number of hydrogen-bond acceptors (Lipinski definition) is 2. The monoisotopic (exact) mass is 290 g/mol. The second-order valence-electron chi connectivity index (χ2n) is 5.64. The number of alkyl halides is 1. The summed E-state index contributed by atoms with van der Waals surface area (Å²) in [7, 11) is 1.79. The summed E-state index contributed by atoms with van der Waals surface area (Å²) in [6.45, 7) is 5.80. The predicted octanol–water partition coefficient (Wildman–Crippen LogP) is 3.63. The van der Waals surface area contributed by atoms with Crippen LogP contribution in [0.4, 0.5) is 0 Å². The number of nitrogens with zero attached hydrogens (tertiary/aromatic N) is 2. The zero-order chi connectivity index (χ0) is 14.9. The van der Waals surface area contributed by atoms with Crippen molar-refractivity contribution in [1.82, 2.24) is 9.88 Å². The Bertz CT molecular complexity index is 652. The first kappa shape index (κ1) is 14.8. The SMILES string of the molecule is Cc1cc(C(=O)N(C)C(C)(C)CCl)c2ccccc2n1. The minimum Gasteiger partial charge on any atom is -0.335 e. The number of para-hydroxylation sites is 1. The lowest BCUT2D eigenvalue weighted by Crippen LogP contribution is -2.46. The number of benzene rings is 1. The number of carbonyl (C=O) groups excluding carboxylic acids is 1. The molecular formula is C16H19ClN2O. The molecule has 0 aliphatic rings. The smallest absolute Gasteiger partial charge is 0.254 e. The van der Waals surface area contributed by atoms with Gasteiger partial charge in [0.15, 0.2) is 0 Å². The molecule has 0 spiro atoms. The molecule has 2 rings (SSSR count). The maximum Gasteiger partial charge on any atom is 0.254 e. The van der Waals surface area contributed by atoms with Crippen molar-refractivity contribution in [3.05, 3.63) is 41.6 Å². The zero-order valence-corrected chi connectivity index (χ0v) is 13.0. The standard InChI is InChI=1S/C16H19ClN2O/c1-11-9-13(12-7-5-6-8-14(12)18-11)15(20)19(4)16(2,3)10-17/h5-9H,10H2,1-4H3. The quantitative estimate of drug-likeness (QED) is 0.809. The first-order valence-corrected chi connectivity index (χ1v) is 7.11. The number of hydrogen-bond donors (Lipinski definition) is 0. The van der Waals surface area contributed by atoms with Crippen LogP contribution in [0.15, 0.2) is 30.3 Å². The summed E-state index contributed by atoms with van der Waals surface area (Å²) in [5.74, 6) is 0.356. The van der Waals surface area contributed by atoms with Crippen LogP contribution in [0.1, 0.15) is 29.9 Å². The van der Waals surface area contributed by atoms with Crippen LogP contribution in [0.3, 0.4) is 0 Å². The van der Waals surface area contributed by atoms with Gasteiger partial charge in [-0.1, -0.05) is 18.2 Å². The Morgan fingerprint density at radius 3 is 2.65 bits per heavy atom. The third-order valence-corrected chi connectivity index (χ3v) is 4.27. The average Bonchev–Trinajstić information content (AvgIpc) is 2.44. The van der Waals surface area contributed by atoms with Crippen molar-refractivity contribution in [2.24, 2.45) is 0 Å². The van der Waals surface area contributed by atoms with E-state index in [1.165, 1.54) is 0 Å². The lowest BCUT2D eigenvalue weighted by molar-refractivity contribution is 0.0662. The van der Waals surface area contributed by atoms with E-state index < -0.39 is 5.54 Å². The van der Waals surface area contributed by atoms with Crippen molar-refractivity contribution in [3.63, 3.8) is 0 Å². The Hall–Kier alpha value is -1.61. The van der Waals surface area contributed by atoms with Gasteiger partial charge in [-0.3, -0.25) is 9.78 Å². The maximum absolute atomic E-state index is 12.8. The summed E-state index contributed by atoms with van der Waals surface area (Å²) < 4.78 is 0. The molecule has 1 heterocycles. The van der Waals surface area contributed by atoms with Crippen LogP contribution < -0.4 is 0 Å². The van der Waals surface area contributed by atoms with E-state index in [-0.39, 0.29) is 5.91 Å². The molecule has 0 N–H and O–H groups in total. The lowest BCUT2D eigenvalue weighted by atomic mass is 10.0. The number of aryl methyl sites for hydroxylation is 1. The number of rotatable bonds is 3. The highest BCUT2D eigenvalue weighted by Gasteiger charge is 2.28. The Balaban J connectivity index is 2.55. The molecule has 4 heteroatoms. The Morgan fingerprint density at radius 2 is 2.00 bits per heavy atom. The van der Waals surface area contributed by atoms with Crippen LogP contribution in [0, 0.1) is 6.92 Å². The van der Waals surface area contributed by atoms with Crippen molar-refractivity contribution >= 4 is 28.4 Å². The van der Waals surface area contributed by atoms with Crippen LogP contribution in [0.25, 0.3) is 10.9 Å². The van der Waals surface area contributed by atoms with Crippen LogP contribution in [0.5, 0.6) is 0 Å². The van der Waals surface area contributed by atoms with Gasteiger partial charge in [0, 0.05) is 24.0 Å². The number of amides is 1. The topological polar surface area (TPSA) is 33.2 Å². The normalized spacial score (nSPS) is 11.7. The van der Waals surface area contributed by atoms with Crippen LogP contribution in [-0.4, -0.2) is 34.3 Å². The van der Waals surface area contributed by atoms with Crippen LogP contribution in [-0.2, 0) is 0 Å². The second kappa shape index (κ2) is 5.41. The van der Waals surface area contributed by atoms with Gasteiger partial charge < -0.3 is 4.90 Å². The number of carbonyl (C=O) groups is 1. The Labute approximate surface area is 124 Å². The molecule has 0 radical (unpaired) electrons. The maximum atomic E-state index is 12.8. The highest BCUT2D eigenvalue weighted by Crippen LogP contribution is 2.23. The highest BCUT2D eigenvalue weighted by molar-refractivity contribution is 6.19. The fourth-order valence-electron chi connectivity index (χ4n) is 2.03. The summed E-state index contributed by atoms with van der Waals surface area (Å²) in [6, 6.07) is 9.53. The molecule has 0 fully saturated rings. The first-order valence-electron chi connectivity index (χ1n) is 6.57. The van der Waals surface area contributed by atoms with Gasteiger partial charge in [0.2, 0.25) is 0 Å². The second-order valence-corrected chi connectivity index (χ2v) is 5.91. The van der Waals surface area contributed by atoms with E-state index in [4.69, 9.17) is 11.6 Å². The molecule has 0 saturated carbocycles. The van der Waals surface area contributed by atoms with E-state index in [0.717, 1.165) is 16.6 Å². The Kier molecular flexibility index (Phi) is 4.00. The van der Waals surface area contributed by atoms with Gasteiger partial charge in [-0.15, -0.1) is 11.6 Å². The molecule has 20 heavy (non-hydrogen) atoms.